The Balaban J connectivity index is 1.93. The average molecular weight is 414 g/mol. The van der Waals surface area contributed by atoms with E-state index in [2.05, 4.69) is 25.2 Å². The molecule has 4 heteroatoms. The first-order valence-electron chi connectivity index (χ1n) is 11.0. The van der Waals surface area contributed by atoms with Gasteiger partial charge in [-0.3, -0.25) is 9.59 Å². The molecule has 2 aliphatic carbocycles. The molecular weight excluding hydrogens is 377 g/mol. The number of rotatable bonds is 6. The molecule has 0 aromatic rings. The van der Waals surface area contributed by atoms with Gasteiger partial charge in [0, 0.05) is 18.5 Å². The highest BCUT2D eigenvalue weighted by atomic mass is 19.1. The molecule has 0 unspecified atom stereocenters. The third-order valence-electron chi connectivity index (χ3n) is 6.12. The second-order valence-electron chi connectivity index (χ2n) is 9.29. The number of Topliss-reactive ketones (excluding diaryl/α,β-unsaturated/α-hetero) is 1. The van der Waals surface area contributed by atoms with Crippen molar-refractivity contribution in [3.05, 3.63) is 58.7 Å². The molecule has 0 bridgehead atoms. The van der Waals surface area contributed by atoms with Crippen molar-refractivity contribution in [1.82, 2.24) is 5.32 Å². The van der Waals surface area contributed by atoms with Gasteiger partial charge in [0.1, 0.15) is 6.17 Å². The molecule has 2 rings (SSSR count). The number of hydrogen-bond acceptors (Lipinski definition) is 2. The first-order valence-corrected chi connectivity index (χ1v) is 11.0. The predicted octanol–water partition coefficient (Wildman–Crippen LogP) is 6.09. The highest BCUT2D eigenvalue weighted by Crippen LogP contribution is 2.39. The molecule has 1 fully saturated rings. The second-order valence-corrected chi connectivity index (χ2v) is 9.29. The summed E-state index contributed by atoms with van der Waals surface area (Å²) in [5.41, 5.74) is 3.93. The van der Waals surface area contributed by atoms with E-state index in [0.29, 0.717) is 32.1 Å². The molecule has 0 aromatic carbocycles. The van der Waals surface area contributed by atoms with E-state index in [-0.39, 0.29) is 23.1 Å². The minimum absolute atomic E-state index is 0.0146. The molecule has 0 aromatic heterocycles. The molecule has 30 heavy (non-hydrogen) atoms. The zero-order valence-electron chi connectivity index (χ0n) is 19.1. The maximum Gasteiger partial charge on any atom is 0.244 e. The van der Waals surface area contributed by atoms with Crippen LogP contribution in [-0.4, -0.2) is 23.9 Å². The number of ketones is 1. The van der Waals surface area contributed by atoms with E-state index in [0.717, 1.165) is 28.7 Å². The average Bonchev–Trinajstić information content (AvgIpc) is 2.66. The number of nitrogens with one attached hydrogen (secondary N) is 1. The minimum Gasteiger partial charge on any atom is -0.350 e. The van der Waals surface area contributed by atoms with Crippen molar-refractivity contribution < 1.29 is 14.0 Å². The lowest BCUT2D eigenvalue weighted by atomic mass is 9.72. The summed E-state index contributed by atoms with van der Waals surface area (Å²) in [6, 6.07) is 0.0819. The molecule has 0 aliphatic heterocycles. The summed E-state index contributed by atoms with van der Waals surface area (Å²) in [5, 5.41) is 2.97. The van der Waals surface area contributed by atoms with Crippen LogP contribution >= 0.6 is 0 Å². The van der Waals surface area contributed by atoms with Gasteiger partial charge in [0.05, 0.1) is 0 Å². The summed E-state index contributed by atoms with van der Waals surface area (Å²) in [7, 11) is 0. The lowest BCUT2D eigenvalue weighted by Crippen LogP contribution is -2.37. The number of carbonyl (C=O) groups is 2. The van der Waals surface area contributed by atoms with E-state index in [4.69, 9.17) is 0 Å². The van der Waals surface area contributed by atoms with E-state index < -0.39 is 6.17 Å². The molecule has 1 N–H and O–H groups in total. The zero-order valence-corrected chi connectivity index (χ0v) is 19.1. The summed E-state index contributed by atoms with van der Waals surface area (Å²) in [5.74, 6) is 0.124. The van der Waals surface area contributed by atoms with E-state index >= 15 is 0 Å². The molecule has 1 saturated carbocycles. The smallest absolute Gasteiger partial charge is 0.244 e. The number of amides is 1. The molecule has 164 valence electrons. The first-order chi connectivity index (χ1) is 14.1. The Morgan fingerprint density at radius 2 is 1.77 bits per heavy atom. The molecule has 0 radical (unpaired) electrons. The van der Waals surface area contributed by atoms with Gasteiger partial charge in [-0.2, -0.15) is 0 Å². The van der Waals surface area contributed by atoms with Gasteiger partial charge in [-0.15, -0.1) is 0 Å². The molecule has 0 saturated heterocycles. The Labute approximate surface area is 180 Å². The maximum absolute atomic E-state index is 13.2. The molecule has 2 aliphatic rings. The predicted molar refractivity (Wildman–Crippen MR) is 122 cm³/mol. The van der Waals surface area contributed by atoms with Crippen LogP contribution in [0.3, 0.4) is 0 Å². The second kappa shape index (κ2) is 10.7. The number of alkyl halides is 1. The van der Waals surface area contributed by atoms with E-state index in [1.807, 2.05) is 45.1 Å². The number of carbonyl (C=O) groups excluding carboxylic acids is 2. The quantitative estimate of drug-likeness (QED) is 0.423. The maximum atomic E-state index is 13.2. The zero-order chi connectivity index (χ0) is 22.3. The number of allylic oxidation sites excluding steroid dienone is 9. The van der Waals surface area contributed by atoms with Gasteiger partial charge in [0.15, 0.2) is 5.78 Å². The van der Waals surface area contributed by atoms with Crippen LogP contribution in [0, 0.1) is 5.41 Å². The Morgan fingerprint density at radius 3 is 2.43 bits per heavy atom. The summed E-state index contributed by atoms with van der Waals surface area (Å²) >= 11 is 0. The third-order valence-corrected chi connectivity index (χ3v) is 6.12. The van der Waals surface area contributed by atoms with Crippen molar-refractivity contribution in [3.63, 3.8) is 0 Å². The fraction of sp³-hybridized carbons (Fsp3) is 0.538. The monoisotopic (exact) mass is 413 g/mol. The third kappa shape index (κ3) is 7.23. The van der Waals surface area contributed by atoms with Gasteiger partial charge in [0.2, 0.25) is 5.91 Å². The van der Waals surface area contributed by atoms with Crippen LogP contribution in [0.15, 0.2) is 58.7 Å². The Bertz CT molecular complexity index is 803. The van der Waals surface area contributed by atoms with Crippen molar-refractivity contribution in [2.75, 3.05) is 0 Å². The molecule has 3 nitrogen and oxygen atoms in total. The molecule has 1 amide bonds. The molecule has 0 heterocycles. The topological polar surface area (TPSA) is 46.2 Å². The summed E-state index contributed by atoms with van der Waals surface area (Å²) in [4.78, 5) is 24.2. The van der Waals surface area contributed by atoms with Crippen LogP contribution in [0.2, 0.25) is 0 Å². The van der Waals surface area contributed by atoms with Crippen LogP contribution in [0.5, 0.6) is 0 Å². The highest BCUT2D eigenvalue weighted by Gasteiger charge is 2.30. The normalized spacial score (nSPS) is 26.0. The van der Waals surface area contributed by atoms with Crippen molar-refractivity contribution in [1.29, 1.82) is 0 Å². The van der Waals surface area contributed by atoms with Crippen LogP contribution < -0.4 is 5.32 Å². The van der Waals surface area contributed by atoms with Gasteiger partial charge < -0.3 is 5.32 Å². The van der Waals surface area contributed by atoms with Gasteiger partial charge in [-0.05, 0) is 75.0 Å². The van der Waals surface area contributed by atoms with Crippen molar-refractivity contribution in [2.45, 2.75) is 85.4 Å². The largest absolute Gasteiger partial charge is 0.350 e. The minimum atomic E-state index is -0.715. The number of halogens is 1. The lowest BCUT2D eigenvalue weighted by molar-refractivity contribution is -0.118. The number of hydrogen-bond donors (Lipinski definition) is 1. The van der Waals surface area contributed by atoms with Gasteiger partial charge in [0.25, 0.3) is 0 Å². The molecule has 0 atom stereocenters. The standard InChI is InChI=1S/C26H36FNO2/c1-18(9-14-23-20(3)24(29)15-16-26(23,4)5)7-6-8-19(2)17-25(30)28-22-12-10-21(27)11-13-22/h6-9,14,17,21-22H,10-13,15-16H2,1-5H3,(H,28,30)/b8-6+,14-9+,18-7+,19-17+. The molecule has 0 spiro atoms. The van der Waals surface area contributed by atoms with Crippen LogP contribution in [0.25, 0.3) is 0 Å². The van der Waals surface area contributed by atoms with Crippen molar-refractivity contribution in [2.24, 2.45) is 5.41 Å². The SMILES string of the molecule is CC1=C(/C=C/C(C)=C/C=C/C(C)=C/C(=O)NC2CCC(F)CC2)C(C)(C)CCC1=O. The summed E-state index contributed by atoms with van der Waals surface area (Å²) in [6.07, 6.45) is 14.8. The van der Waals surface area contributed by atoms with Gasteiger partial charge >= 0.3 is 0 Å². The Morgan fingerprint density at radius 1 is 1.10 bits per heavy atom. The van der Waals surface area contributed by atoms with E-state index in [9.17, 15) is 14.0 Å². The highest BCUT2D eigenvalue weighted by molar-refractivity contribution is 5.97. The van der Waals surface area contributed by atoms with E-state index in [1.165, 1.54) is 0 Å². The molecular formula is C26H36FNO2. The fourth-order valence-electron chi connectivity index (χ4n) is 4.07. The van der Waals surface area contributed by atoms with Gasteiger partial charge in [-0.1, -0.05) is 49.8 Å². The Hall–Kier alpha value is -2.23. The van der Waals surface area contributed by atoms with Crippen LogP contribution in [0.1, 0.15) is 73.1 Å². The Kier molecular flexibility index (Phi) is 8.57. The fourth-order valence-corrected chi connectivity index (χ4v) is 4.07. The first kappa shape index (κ1) is 24.0. The van der Waals surface area contributed by atoms with Gasteiger partial charge in [-0.25, -0.2) is 4.39 Å². The van der Waals surface area contributed by atoms with Crippen molar-refractivity contribution >= 4 is 11.7 Å². The summed E-state index contributed by atoms with van der Waals surface area (Å²) in [6.45, 7) is 10.2. The lowest BCUT2D eigenvalue weighted by Gasteiger charge is -2.32. The van der Waals surface area contributed by atoms with Crippen molar-refractivity contribution in [3.8, 4) is 0 Å². The van der Waals surface area contributed by atoms with Crippen LogP contribution in [-0.2, 0) is 9.59 Å². The summed E-state index contributed by atoms with van der Waals surface area (Å²) < 4.78 is 13.2. The van der Waals surface area contributed by atoms with Crippen LogP contribution in [0.4, 0.5) is 4.39 Å². The van der Waals surface area contributed by atoms with E-state index in [1.54, 1.807) is 6.08 Å².